The van der Waals surface area contributed by atoms with Crippen molar-refractivity contribution in [3.05, 3.63) is 24.0 Å². The Balaban J connectivity index is 3.34. The minimum Gasteiger partial charge on any atom is -0.395 e. The summed E-state index contributed by atoms with van der Waals surface area (Å²) in [5.41, 5.74) is 0. The van der Waals surface area contributed by atoms with Crippen molar-refractivity contribution in [1.82, 2.24) is 4.72 Å². The molecule has 2 N–H and O–H groups in total. The van der Waals surface area contributed by atoms with Crippen molar-refractivity contribution in [2.24, 2.45) is 0 Å². The molecule has 108 valence electrons. The number of sulfone groups is 1. The van der Waals surface area contributed by atoms with E-state index >= 15 is 0 Å². The molecule has 0 fully saturated rings. The van der Waals surface area contributed by atoms with E-state index in [4.69, 9.17) is 5.11 Å². The normalized spacial score (nSPS) is 14.3. The lowest BCUT2D eigenvalue weighted by atomic mass is 10.3. The van der Waals surface area contributed by atoms with Gasteiger partial charge in [0.2, 0.25) is 10.0 Å². The van der Waals surface area contributed by atoms with Gasteiger partial charge in [-0.25, -0.2) is 25.9 Å². The summed E-state index contributed by atoms with van der Waals surface area (Å²) in [5, 5.41) is 8.78. The zero-order valence-electron chi connectivity index (χ0n) is 10.3. The maximum atomic E-state index is 13.5. The molecule has 1 aromatic rings. The molecule has 0 aliphatic rings. The molecule has 0 aliphatic carbocycles. The van der Waals surface area contributed by atoms with E-state index in [1.165, 1.54) is 6.92 Å². The summed E-state index contributed by atoms with van der Waals surface area (Å²) in [6, 6.07) is 1.69. The van der Waals surface area contributed by atoms with Gasteiger partial charge in [-0.3, -0.25) is 0 Å². The number of hydrogen-bond donors (Lipinski definition) is 2. The van der Waals surface area contributed by atoms with Crippen molar-refractivity contribution in [2.75, 3.05) is 12.9 Å². The molecule has 0 radical (unpaired) electrons. The Morgan fingerprint density at radius 2 is 1.89 bits per heavy atom. The van der Waals surface area contributed by atoms with E-state index in [9.17, 15) is 21.2 Å². The van der Waals surface area contributed by atoms with Crippen LogP contribution in [0.4, 0.5) is 4.39 Å². The van der Waals surface area contributed by atoms with Crippen LogP contribution in [-0.4, -0.2) is 40.8 Å². The van der Waals surface area contributed by atoms with Gasteiger partial charge in [0, 0.05) is 12.3 Å². The highest BCUT2D eigenvalue weighted by Gasteiger charge is 2.23. The second-order valence-electron chi connectivity index (χ2n) is 4.07. The molecule has 1 atom stereocenters. The number of rotatable bonds is 5. The van der Waals surface area contributed by atoms with Gasteiger partial charge < -0.3 is 5.11 Å². The lowest BCUT2D eigenvalue weighted by Gasteiger charge is -2.12. The van der Waals surface area contributed by atoms with Crippen LogP contribution in [0, 0.1) is 5.82 Å². The van der Waals surface area contributed by atoms with E-state index in [-0.39, 0.29) is 4.90 Å². The monoisotopic (exact) mass is 311 g/mol. The summed E-state index contributed by atoms with van der Waals surface area (Å²) in [7, 11) is -7.88. The number of aliphatic hydroxyl groups excluding tert-OH is 1. The van der Waals surface area contributed by atoms with Crippen LogP contribution in [-0.2, 0) is 19.9 Å². The second kappa shape index (κ2) is 5.53. The highest BCUT2D eigenvalue weighted by atomic mass is 32.2. The first-order chi connectivity index (χ1) is 8.58. The van der Waals surface area contributed by atoms with Gasteiger partial charge >= 0.3 is 0 Å². The first-order valence-electron chi connectivity index (χ1n) is 5.20. The van der Waals surface area contributed by atoms with Crippen molar-refractivity contribution >= 4 is 19.9 Å². The summed E-state index contributed by atoms with van der Waals surface area (Å²) in [6.45, 7) is 0.919. The Morgan fingerprint density at radius 1 is 1.32 bits per heavy atom. The maximum absolute atomic E-state index is 13.5. The smallest absolute Gasteiger partial charge is 0.243 e. The van der Waals surface area contributed by atoms with Gasteiger partial charge in [-0.15, -0.1) is 0 Å². The predicted molar refractivity (Wildman–Crippen MR) is 66.4 cm³/mol. The molecule has 1 rings (SSSR count). The number of halogens is 1. The van der Waals surface area contributed by atoms with E-state index in [1.807, 2.05) is 4.72 Å². The van der Waals surface area contributed by atoms with Gasteiger partial charge in [0.15, 0.2) is 9.84 Å². The molecule has 0 saturated heterocycles. The highest BCUT2D eigenvalue weighted by Crippen LogP contribution is 2.19. The van der Waals surface area contributed by atoms with Crippen molar-refractivity contribution in [3.63, 3.8) is 0 Å². The van der Waals surface area contributed by atoms with E-state index in [2.05, 4.69) is 0 Å². The molecule has 19 heavy (non-hydrogen) atoms. The van der Waals surface area contributed by atoms with Crippen molar-refractivity contribution in [1.29, 1.82) is 0 Å². The van der Waals surface area contributed by atoms with Crippen LogP contribution in [0.1, 0.15) is 6.92 Å². The Bertz CT molecular complexity index is 669. The molecular formula is C10H14FNO5S2. The molecule has 9 heteroatoms. The van der Waals surface area contributed by atoms with Crippen LogP contribution < -0.4 is 4.72 Å². The standard InChI is InChI=1S/C10H14FNO5S2/c1-7(6-13)12-19(16,17)10-5-8(18(2,14)15)3-4-9(10)11/h3-5,7,12-13H,6H2,1-2H3/t7-/m1/s1. The first kappa shape index (κ1) is 16.0. The van der Waals surface area contributed by atoms with Gasteiger partial charge in [-0.2, -0.15) is 0 Å². The molecule has 0 amide bonds. The summed E-state index contributed by atoms with van der Waals surface area (Å²) in [5.74, 6) is -1.06. The van der Waals surface area contributed by atoms with E-state index in [0.717, 1.165) is 24.5 Å². The Hall–Kier alpha value is -1.03. The minimum atomic E-state index is -4.23. The van der Waals surface area contributed by atoms with Gasteiger partial charge in [0.05, 0.1) is 11.5 Å². The SMILES string of the molecule is C[C@H](CO)NS(=O)(=O)c1cc(S(C)(=O)=O)ccc1F. The van der Waals surface area contributed by atoms with Gasteiger partial charge in [0.25, 0.3) is 0 Å². The number of aliphatic hydroxyl groups is 1. The molecule has 1 aromatic carbocycles. The molecule has 0 saturated carbocycles. The molecule has 0 aliphatic heterocycles. The van der Waals surface area contributed by atoms with E-state index in [0.29, 0.717) is 0 Å². The maximum Gasteiger partial charge on any atom is 0.243 e. The largest absolute Gasteiger partial charge is 0.395 e. The average Bonchev–Trinajstić information content (AvgIpc) is 2.26. The molecular weight excluding hydrogens is 297 g/mol. The van der Waals surface area contributed by atoms with Gasteiger partial charge in [0.1, 0.15) is 10.7 Å². The quantitative estimate of drug-likeness (QED) is 0.739. The Kier molecular flexibility index (Phi) is 4.67. The fraction of sp³-hybridized carbons (Fsp3) is 0.400. The lowest BCUT2D eigenvalue weighted by molar-refractivity contribution is 0.265. The Labute approximate surface area is 111 Å². The molecule has 0 heterocycles. The molecule has 0 unspecified atom stereocenters. The van der Waals surface area contributed by atoms with Crippen molar-refractivity contribution in [2.45, 2.75) is 22.8 Å². The topological polar surface area (TPSA) is 101 Å². The third-order valence-corrected chi connectivity index (χ3v) is 4.97. The van der Waals surface area contributed by atoms with Crippen LogP contribution in [0.5, 0.6) is 0 Å². The van der Waals surface area contributed by atoms with Crippen molar-refractivity contribution < 1.29 is 26.3 Å². The van der Waals surface area contributed by atoms with Crippen LogP contribution in [0.15, 0.2) is 28.0 Å². The summed E-state index contributed by atoms with van der Waals surface area (Å²) < 4.78 is 61.9. The molecule has 0 bridgehead atoms. The fourth-order valence-corrected chi connectivity index (χ4v) is 3.35. The minimum absolute atomic E-state index is 0.300. The summed E-state index contributed by atoms with van der Waals surface area (Å²) in [6.07, 6.45) is 0.889. The van der Waals surface area contributed by atoms with E-state index in [1.54, 1.807) is 0 Å². The van der Waals surface area contributed by atoms with Crippen molar-refractivity contribution in [3.8, 4) is 0 Å². The number of hydrogen-bond acceptors (Lipinski definition) is 5. The zero-order valence-corrected chi connectivity index (χ0v) is 11.9. The third-order valence-electron chi connectivity index (χ3n) is 2.25. The summed E-state index contributed by atoms with van der Waals surface area (Å²) >= 11 is 0. The van der Waals surface area contributed by atoms with Crippen LogP contribution in [0.3, 0.4) is 0 Å². The molecule has 0 aromatic heterocycles. The lowest BCUT2D eigenvalue weighted by Crippen LogP contribution is -2.35. The Morgan fingerprint density at radius 3 is 2.37 bits per heavy atom. The number of nitrogens with one attached hydrogen (secondary N) is 1. The fourth-order valence-electron chi connectivity index (χ4n) is 1.29. The number of benzene rings is 1. The molecule has 0 spiro atoms. The average molecular weight is 311 g/mol. The second-order valence-corrected chi connectivity index (χ2v) is 7.77. The number of sulfonamides is 1. The highest BCUT2D eigenvalue weighted by molar-refractivity contribution is 7.91. The third kappa shape index (κ3) is 3.96. The van der Waals surface area contributed by atoms with Gasteiger partial charge in [-0.1, -0.05) is 0 Å². The zero-order chi connectivity index (χ0) is 14.8. The summed E-state index contributed by atoms with van der Waals surface area (Å²) in [4.78, 5) is -1.07. The van der Waals surface area contributed by atoms with Crippen LogP contribution in [0.25, 0.3) is 0 Å². The van der Waals surface area contributed by atoms with Crippen LogP contribution >= 0.6 is 0 Å². The van der Waals surface area contributed by atoms with Gasteiger partial charge in [-0.05, 0) is 25.1 Å². The predicted octanol–water partition coefficient (Wildman–Crippen LogP) is -0.112. The molecule has 6 nitrogen and oxygen atoms in total. The van der Waals surface area contributed by atoms with E-state index < -0.39 is 43.2 Å². The van der Waals surface area contributed by atoms with Crippen LogP contribution in [0.2, 0.25) is 0 Å². The first-order valence-corrected chi connectivity index (χ1v) is 8.58.